The van der Waals surface area contributed by atoms with Crippen LogP contribution in [0.1, 0.15) is 28.8 Å². The van der Waals surface area contributed by atoms with Gasteiger partial charge in [0.1, 0.15) is 5.58 Å². The first kappa shape index (κ1) is 21.9. The number of piperidine rings is 1. The van der Waals surface area contributed by atoms with Crippen molar-refractivity contribution in [3.63, 3.8) is 0 Å². The lowest BCUT2D eigenvalue weighted by atomic mass is 10.0. The van der Waals surface area contributed by atoms with E-state index in [2.05, 4.69) is 6.07 Å². The number of rotatable bonds is 4. The van der Waals surface area contributed by atoms with Gasteiger partial charge in [0, 0.05) is 24.0 Å². The van der Waals surface area contributed by atoms with E-state index in [4.69, 9.17) is 9.68 Å². The predicted molar refractivity (Wildman–Crippen MR) is 129 cm³/mol. The van der Waals surface area contributed by atoms with Crippen LogP contribution in [0.4, 0.5) is 0 Å². The molecule has 1 saturated heterocycles. The highest BCUT2D eigenvalue weighted by Crippen LogP contribution is 2.28. The van der Waals surface area contributed by atoms with Gasteiger partial charge in [-0.3, -0.25) is 4.79 Å². The van der Waals surface area contributed by atoms with E-state index in [0.717, 1.165) is 22.1 Å². The standard InChI is InChI=1S/C27H22N2O4S/c28-18-19-1-3-20(4-2-19)21-5-8-24(9-6-21)34(31,32)25-11-14-29(15-12-25)27(30)23-7-10-26-22(17-23)13-16-33-26/h1-10,13,16-17,25H,11-12,14-15H2. The molecule has 1 aliphatic rings. The van der Waals surface area contributed by atoms with Crippen LogP contribution in [0.5, 0.6) is 0 Å². The van der Waals surface area contributed by atoms with Crippen molar-refractivity contribution in [2.45, 2.75) is 23.0 Å². The first-order valence-electron chi connectivity index (χ1n) is 11.1. The minimum absolute atomic E-state index is 0.0919. The molecule has 1 aliphatic heterocycles. The van der Waals surface area contributed by atoms with E-state index in [1.165, 1.54) is 0 Å². The first-order valence-corrected chi connectivity index (χ1v) is 12.6. The number of nitrogens with zero attached hydrogens (tertiary/aromatic N) is 2. The molecule has 1 fully saturated rings. The summed E-state index contributed by atoms with van der Waals surface area (Å²) in [5, 5.41) is 9.29. The minimum Gasteiger partial charge on any atom is -0.464 e. The van der Waals surface area contributed by atoms with Gasteiger partial charge in [0.15, 0.2) is 9.84 Å². The number of carbonyl (C=O) groups is 1. The molecule has 0 bridgehead atoms. The van der Waals surface area contributed by atoms with Gasteiger partial charge in [-0.05, 0) is 72.5 Å². The Bertz CT molecular complexity index is 1490. The molecule has 2 heterocycles. The molecule has 4 aromatic rings. The van der Waals surface area contributed by atoms with Crippen molar-refractivity contribution in [1.29, 1.82) is 5.26 Å². The van der Waals surface area contributed by atoms with Crippen LogP contribution < -0.4 is 0 Å². The van der Waals surface area contributed by atoms with Crippen molar-refractivity contribution in [3.8, 4) is 17.2 Å². The number of carbonyl (C=O) groups excluding carboxylic acids is 1. The highest BCUT2D eigenvalue weighted by molar-refractivity contribution is 7.92. The number of fused-ring (bicyclic) bond motifs is 1. The van der Waals surface area contributed by atoms with Crippen molar-refractivity contribution in [3.05, 3.63) is 90.2 Å². The third-order valence-electron chi connectivity index (χ3n) is 6.40. The summed E-state index contributed by atoms with van der Waals surface area (Å²) in [6.07, 6.45) is 2.39. The summed E-state index contributed by atoms with van der Waals surface area (Å²) in [4.78, 5) is 14.9. The SMILES string of the molecule is N#Cc1ccc(-c2ccc(S(=O)(=O)C3CCN(C(=O)c4ccc5occc5c4)CC3)cc2)cc1. The summed E-state index contributed by atoms with van der Waals surface area (Å²) in [5.41, 5.74) is 3.69. The maximum atomic E-state index is 13.2. The fraction of sp³-hybridized carbons (Fsp3) is 0.185. The van der Waals surface area contributed by atoms with Crippen molar-refractivity contribution in [2.75, 3.05) is 13.1 Å². The monoisotopic (exact) mass is 470 g/mol. The van der Waals surface area contributed by atoms with Crippen LogP contribution in [0.2, 0.25) is 0 Å². The number of amides is 1. The Balaban J connectivity index is 1.26. The average molecular weight is 471 g/mol. The Hall–Kier alpha value is -3.89. The third-order valence-corrected chi connectivity index (χ3v) is 8.68. The van der Waals surface area contributed by atoms with E-state index < -0.39 is 15.1 Å². The topological polar surface area (TPSA) is 91.4 Å². The summed E-state index contributed by atoms with van der Waals surface area (Å²) >= 11 is 0. The lowest BCUT2D eigenvalue weighted by Crippen LogP contribution is -2.42. The van der Waals surface area contributed by atoms with Crippen molar-refractivity contribution in [1.82, 2.24) is 4.90 Å². The lowest BCUT2D eigenvalue weighted by Gasteiger charge is -2.32. The predicted octanol–water partition coefficient (Wildman–Crippen LogP) is 5.05. The second-order valence-electron chi connectivity index (χ2n) is 8.42. The smallest absolute Gasteiger partial charge is 0.253 e. The van der Waals surface area contributed by atoms with Gasteiger partial charge in [-0.1, -0.05) is 24.3 Å². The number of nitriles is 1. The van der Waals surface area contributed by atoms with E-state index in [0.29, 0.717) is 42.0 Å². The van der Waals surface area contributed by atoms with E-state index in [1.54, 1.807) is 65.8 Å². The molecule has 34 heavy (non-hydrogen) atoms. The molecule has 170 valence electrons. The highest BCUT2D eigenvalue weighted by Gasteiger charge is 2.33. The molecule has 3 aromatic carbocycles. The average Bonchev–Trinajstić information content (AvgIpc) is 3.36. The van der Waals surface area contributed by atoms with Crippen LogP contribution in [-0.2, 0) is 9.84 Å². The molecule has 0 aliphatic carbocycles. The molecule has 5 rings (SSSR count). The maximum Gasteiger partial charge on any atom is 0.253 e. The highest BCUT2D eigenvalue weighted by atomic mass is 32.2. The summed E-state index contributed by atoms with van der Waals surface area (Å²) in [5.74, 6) is -0.0919. The second-order valence-corrected chi connectivity index (χ2v) is 10.7. The molecule has 7 heteroatoms. The van der Waals surface area contributed by atoms with E-state index in [9.17, 15) is 13.2 Å². The zero-order valence-electron chi connectivity index (χ0n) is 18.3. The molecule has 0 atom stereocenters. The molecule has 1 amide bonds. The van der Waals surface area contributed by atoms with E-state index in [-0.39, 0.29) is 5.91 Å². The second kappa shape index (κ2) is 8.81. The number of sulfone groups is 1. The number of hydrogen-bond acceptors (Lipinski definition) is 5. The molecule has 0 saturated carbocycles. The minimum atomic E-state index is -3.50. The van der Waals surface area contributed by atoms with Crippen LogP contribution in [0.3, 0.4) is 0 Å². The molecular formula is C27H22N2O4S. The van der Waals surface area contributed by atoms with Gasteiger partial charge in [-0.2, -0.15) is 5.26 Å². The van der Waals surface area contributed by atoms with E-state index in [1.807, 2.05) is 18.2 Å². The molecular weight excluding hydrogens is 448 g/mol. The summed E-state index contributed by atoms with van der Waals surface area (Å²) in [6, 6.07) is 23.3. The number of benzene rings is 3. The van der Waals surface area contributed by atoms with Gasteiger partial charge in [-0.15, -0.1) is 0 Å². The summed E-state index contributed by atoms with van der Waals surface area (Å²) in [7, 11) is -3.50. The number of likely N-dealkylation sites (tertiary alicyclic amines) is 1. The normalized spacial score (nSPS) is 14.7. The van der Waals surface area contributed by atoms with Crippen LogP contribution in [0.25, 0.3) is 22.1 Å². The molecule has 1 aromatic heterocycles. The molecule has 0 unspecified atom stereocenters. The fourth-order valence-electron chi connectivity index (χ4n) is 4.42. The lowest BCUT2D eigenvalue weighted by molar-refractivity contribution is 0.0726. The summed E-state index contributed by atoms with van der Waals surface area (Å²) in [6.45, 7) is 0.797. The maximum absolute atomic E-state index is 13.2. The van der Waals surface area contributed by atoms with Crippen LogP contribution in [0, 0.1) is 11.3 Å². The van der Waals surface area contributed by atoms with Gasteiger partial charge < -0.3 is 9.32 Å². The van der Waals surface area contributed by atoms with Crippen LogP contribution >= 0.6 is 0 Å². The quantitative estimate of drug-likeness (QED) is 0.416. The zero-order valence-corrected chi connectivity index (χ0v) is 19.2. The van der Waals surface area contributed by atoms with E-state index >= 15 is 0 Å². The van der Waals surface area contributed by atoms with Gasteiger partial charge in [0.05, 0.1) is 28.0 Å². The van der Waals surface area contributed by atoms with Crippen LogP contribution in [0.15, 0.2) is 88.4 Å². The van der Waals surface area contributed by atoms with Gasteiger partial charge in [0.2, 0.25) is 0 Å². The number of furan rings is 1. The molecule has 0 spiro atoms. The zero-order chi connectivity index (χ0) is 23.7. The Morgan fingerprint density at radius 1 is 0.912 bits per heavy atom. The molecule has 0 N–H and O–H groups in total. The van der Waals surface area contributed by atoms with Gasteiger partial charge in [0.25, 0.3) is 5.91 Å². The Morgan fingerprint density at radius 3 is 2.21 bits per heavy atom. The van der Waals surface area contributed by atoms with Gasteiger partial charge >= 0.3 is 0 Å². The fourth-order valence-corrected chi connectivity index (χ4v) is 6.15. The largest absolute Gasteiger partial charge is 0.464 e. The Labute approximate surface area is 198 Å². The molecule has 6 nitrogen and oxygen atoms in total. The van der Waals surface area contributed by atoms with Crippen LogP contribution in [-0.4, -0.2) is 37.6 Å². The molecule has 0 radical (unpaired) electrons. The van der Waals surface area contributed by atoms with Gasteiger partial charge in [-0.25, -0.2) is 8.42 Å². The number of hydrogen-bond donors (Lipinski definition) is 0. The van der Waals surface area contributed by atoms with Crippen molar-refractivity contribution < 1.29 is 17.6 Å². The van der Waals surface area contributed by atoms with Crippen molar-refractivity contribution in [2.24, 2.45) is 0 Å². The Kier molecular flexibility index (Phi) is 5.68. The summed E-state index contributed by atoms with van der Waals surface area (Å²) < 4.78 is 31.8. The Morgan fingerprint density at radius 2 is 1.56 bits per heavy atom. The first-order chi connectivity index (χ1) is 16.5. The third kappa shape index (κ3) is 4.09. The van der Waals surface area contributed by atoms with Crippen molar-refractivity contribution >= 4 is 26.7 Å².